The molecule has 0 saturated carbocycles. The highest BCUT2D eigenvalue weighted by atomic mass is 35.5. The summed E-state index contributed by atoms with van der Waals surface area (Å²) in [5, 5.41) is 0.618. The highest BCUT2D eigenvalue weighted by Crippen LogP contribution is 2.26. The van der Waals surface area contributed by atoms with Crippen molar-refractivity contribution >= 4 is 28.8 Å². The third-order valence-corrected chi connectivity index (χ3v) is 3.13. The number of benzene rings is 1. The molecule has 1 aliphatic rings. The fourth-order valence-electron chi connectivity index (χ4n) is 1.77. The zero-order valence-electron chi connectivity index (χ0n) is 9.32. The van der Waals surface area contributed by atoms with Crippen molar-refractivity contribution in [2.24, 2.45) is 5.73 Å². The molecule has 1 saturated heterocycles. The van der Waals surface area contributed by atoms with Gasteiger partial charge >= 0.3 is 0 Å². The maximum absolute atomic E-state index is 5.95. The lowest BCUT2D eigenvalue weighted by Crippen LogP contribution is -2.27. The summed E-state index contributed by atoms with van der Waals surface area (Å²) in [6.07, 6.45) is 1.90. The van der Waals surface area contributed by atoms with E-state index in [9.17, 15) is 0 Å². The predicted octanol–water partition coefficient (Wildman–Crippen LogP) is 2.53. The van der Waals surface area contributed by atoms with E-state index in [0.29, 0.717) is 15.8 Å². The van der Waals surface area contributed by atoms with E-state index in [1.54, 1.807) is 18.2 Å². The van der Waals surface area contributed by atoms with Crippen molar-refractivity contribution in [3.05, 3.63) is 28.8 Å². The maximum Gasteiger partial charge on any atom is 0.131 e. The van der Waals surface area contributed by atoms with E-state index in [0.717, 1.165) is 31.6 Å². The fraction of sp³-hybridized carbons (Fsp3) is 0.417. The third-order valence-electron chi connectivity index (χ3n) is 2.67. The molecule has 1 fully saturated rings. The molecule has 17 heavy (non-hydrogen) atoms. The van der Waals surface area contributed by atoms with Crippen LogP contribution in [-0.2, 0) is 4.74 Å². The summed E-state index contributed by atoms with van der Waals surface area (Å²) in [6.45, 7) is 1.46. The third kappa shape index (κ3) is 3.31. The zero-order valence-corrected chi connectivity index (χ0v) is 10.9. The van der Waals surface area contributed by atoms with Crippen LogP contribution in [0.1, 0.15) is 18.4 Å². The summed E-state index contributed by atoms with van der Waals surface area (Å²) in [5.41, 5.74) is 6.39. The molecule has 2 N–H and O–H groups in total. The van der Waals surface area contributed by atoms with Crippen LogP contribution >= 0.6 is 23.8 Å². The number of ether oxygens (including phenoxy) is 2. The van der Waals surface area contributed by atoms with Gasteiger partial charge < -0.3 is 15.2 Å². The molecule has 0 bridgehead atoms. The molecule has 2 rings (SSSR count). The first-order chi connectivity index (χ1) is 8.16. The second-order valence-electron chi connectivity index (χ2n) is 3.93. The number of nitrogens with two attached hydrogens (primary N) is 1. The van der Waals surface area contributed by atoms with Crippen LogP contribution < -0.4 is 10.5 Å². The van der Waals surface area contributed by atoms with Crippen molar-refractivity contribution in [2.45, 2.75) is 18.9 Å². The number of halogens is 1. The second-order valence-corrected chi connectivity index (χ2v) is 4.81. The van der Waals surface area contributed by atoms with Crippen molar-refractivity contribution in [1.82, 2.24) is 0 Å². The van der Waals surface area contributed by atoms with Gasteiger partial charge in [0.1, 0.15) is 16.8 Å². The Kier molecular flexibility index (Phi) is 4.20. The van der Waals surface area contributed by atoms with E-state index in [1.807, 2.05) is 0 Å². The lowest BCUT2D eigenvalue weighted by atomic mass is 10.1. The van der Waals surface area contributed by atoms with Crippen LogP contribution in [0.25, 0.3) is 0 Å². The molecular formula is C12H14ClNO2S. The maximum atomic E-state index is 5.95. The average molecular weight is 272 g/mol. The minimum atomic E-state index is 0.148. The molecule has 0 aliphatic carbocycles. The number of hydrogen-bond donors (Lipinski definition) is 1. The first kappa shape index (κ1) is 12.6. The molecule has 5 heteroatoms. The number of rotatable bonds is 3. The predicted molar refractivity (Wildman–Crippen MR) is 71.8 cm³/mol. The quantitative estimate of drug-likeness (QED) is 0.858. The highest BCUT2D eigenvalue weighted by molar-refractivity contribution is 7.80. The van der Waals surface area contributed by atoms with E-state index in [4.69, 9.17) is 39.0 Å². The van der Waals surface area contributed by atoms with Crippen molar-refractivity contribution in [1.29, 1.82) is 0 Å². The summed E-state index contributed by atoms with van der Waals surface area (Å²) in [5.74, 6) is 0.664. The van der Waals surface area contributed by atoms with Crippen molar-refractivity contribution in [3.8, 4) is 5.75 Å². The average Bonchev–Trinajstić information content (AvgIpc) is 2.30. The van der Waals surface area contributed by atoms with Crippen molar-refractivity contribution in [2.75, 3.05) is 13.2 Å². The first-order valence-electron chi connectivity index (χ1n) is 5.50. The lowest BCUT2D eigenvalue weighted by Gasteiger charge is -2.24. The summed E-state index contributed by atoms with van der Waals surface area (Å²) >= 11 is 10.9. The Morgan fingerprint density at radius 2 is 2.12 bits per heavy atom. The Hall–Kier alpha value is -0.840. The van der Waals surface area contributed by atoms with E-state index >= 15 is 0 Å². The summed E-state index contributed by atoms with van der Waals surface area (Å²) in [6, 6.07) is 5.30. The van der Waals surface area contributed by atoms with Gasteiger partial charge in [-0.1, -0.05) is 23.8 Å². The van der Waals surface area contributed by atoms with Crippen LogP contribution in [0.3, 0.4) is 0 Å². The summed E-state index contributed by atoms with van der Waals surface area (Å²) < 4.78 is 11.2. The van der Waals surface area contributed by atoms with Gasteiger partial charge in [-0.2, -0.15) is 0 Å². The molecule has 0 aromatic heterocycles. The molecule has 1 aromatic rings. The number of hydrogen-bond acceptors (Lipinski definition) is 3. The monoisotopic (exact) mass is 271 g/mol. The van der Waals surface area contributed by atoms with Gasteiger partial charge in [0.25, 0.3) is 0 Å². The van der Waals surface area contributed by atoms with E-state index in [1.165, 1.54) is 0 Å². The van der Waals surface area contributed by atoms with Gasteiger partial charge in [-0.05, 0) is 18.2 Å². The molecule has 1 heterocycles. The van der Waals surface area contributed by atoms with Crippen LogP contribution in [0, 0.1) is 0 Å². The number of thiocarbonyl (C=S) groups is 1. The van der Waals surface area contributed by atoms with E-state index < -0.39 is 0 Å². The van der Waals surface area contributed by atoms with Crippen molar-refractivity contribution < 1.29 is 9.47 Å². The standard InChI is InChI=1S/C12H14ClNO2S/c13-8-1-2-10(12(14)17)11(7-8)16-9-3-5-15-6-4-9/h1-2,7,9H,3-6H2,(H2,14,17). The van der Waals surface area contributed by atoms with Gasteiger partial charge in [0, 0.05) is 17.9 Å². The normalized spacial score (nSPS) is 16.8. The molecule has 0 radical (unpaired) electrons. The van der Waals surface area contributed by atoms with E-state index in [-0.39, 0.29) is 6.10 Å². The van der Waals surface area contributed by atoms with Gasteiger partial charge in [0.2, 0.25) is 0 Å². The second kappa shape index (κ2) is 5.67. The molecule has 0 atom stereocenters. The first-order valence-corrected chi connectivity index (χ1v) is 6.29. The Morgan fingerprint density at radius 1 is 1.41 bits per heavy atom. The minimum absolute atomic E-state index is 0.148. The van der Waals surface area contributed by atoms with Crippen LogP contribution in [-0.4, -0.2) is 24.3 Å². The van der Waals surface area contributed by atoms with Crippen molar-refractivity contribution in [3.63, 3.8) is 0 Å². The Labute approximate surface area is 111 Å². The molecule has 0 amide bonds. The Balaban J connectivity index is 2.17. The fourth-order valence-corrected chi connectivity index (χ4v) is 2.10. The molecule has 0 spiro atoms. The Morgan fingerprint density at radius 3 is 2.76 bits per heavy atom. The summed E-state index contributed by atoms with van der Waals surface area (Å²) in [7, 11) is 0. The lowest BCUT2D eigenvalue weighted by molar-refractivity contribution is 0.0255. The molecule has 3 nitrogen and oxygen atoms in total. The van der Waals surface area contributed by atoms with E-state index in [2.05, 4.69) is 0 Å². The Bertz CT molecular complexity index is 419. The molecular weight excluding hydrogens is 258 g/mol. The van der Waals surface area contributed by atoms with Crippen LogP contribution in [0.2, 0.25) is 5.02 Å². The summed E-state index contributed by atoms with van der Waals surface area (Å²) in [4.78, 5) is 0.323. The van der Waals surface area contributed by atoms with Crippen LogP contribution in [0.4, 0.5) is 0 Å². The van der Waals surface area contributed by atoms with Gasteiger partial charge in [0.05, 0.1) is 18.8 Å². The highest BCUT2D eigenvalue weighted by Gasteiger charge is 2.17. The van der Waals surface area contributed by atoms with Gasteiger partial charge in [-0.15, -0.1) is 0 Å². The largest absolute Gasteiger partial charge is 0.489 e. The molecule has 92 valence electrons. The van der Waals surface area contributed by atoms with Gasteiger partial charge in [0.15, 0.2) is 0 Å². The van der Waals surface area contributed by atoms with Crippen LogP contribution in [0.15, 0.2) is 18.2 Å². The zero-order chi connectivity index (χ0) is 12.3. The van der Waals surface area contributed by atoms with Crippen LogP contribution in [0.5, 0.6) is 5.75 Å². The molecule has 1 aliphatic heterocycles. The van der Waals surface area contributed by atoms with Gasteiger partial charge in [-0.3, -0.25) is 0 Å². The SMILES string of the molecule is NC(=S)c1ccc(Cl)cc1OC1CCOCC1. The smallest absolute Gasteiger partial charge is 0.131 e. The minimum Gasteiger partial charge on any atom is -0.489 e. The molecule has 1 aromatic carbocycles. The topological polar surface area (TPSA) is 44.5 Å². The van der Waals surface area contributed by atoms with Gasteiger partial charge in [-0.25, -0.2) is 0 Å². The molecule has 0 unspecified atom stereocenters.